The first-order chi connectivity index (χ1) is 15.1. The number of carbonyl (C=O) groups excluding carboxylic acids is 2. The second kappa shape index (κ2) is 9.19. The van der Waals surface area contributed by atoms with Gasteiger partial charge in [0.1, 0.15) is 5.75 Å². The van der Waals surface area contributed by atoms with Crippen molar-refractivity contribution >= 4 is 17.5 Å². The summed E-state index contributed by atoms with van der Waals surface area (Å²) in [6.07, 6.45) is 0.759. The lowest BCUT2D eigenvalue weighted by Crippen LogP contribution is -2.35. The van der Waals surface area contributed by atoms with E-state index in [4.69, 9.17) is 4.74 Å². The van der Waals surface area contributed by atoms with Crippen LogP contribution in [0.4, 0.5) is 5.69 Å². The average molecular weight is 410 g/mol. The summed E-state index contributed by atoms with van der Waals surface area (Å²) in [6, 6.07) is 22.4. The predicted molar refractivity (Wildman–Crippen MR) is 120 cm³/mol. The van der Waals surface area contributed by atoms with E-state index in [1.165, 1.54) is 12.7 Å². The Bertz CT molecular complexity index is 1180. The number of carbonyl (C=O) groups is 2. The number of fused-ring (bicyclic) bond motifs is 1. The van der Waals surface area contributed by atoms with Gasteiger partial charge in [-0.25, -0.2) is 0 Å². The molecule has 2 amide bonds. The Morgan fingerprint density at radius 1 is 0.968 bits per heavy atom. The van der Waals surface area contributed by atoms with Crippen molar-refractivity contribution in [2.75, 3.05) is 19.0 Å². The molecule has 5 nitrogen and oxygen atoms in total. The van der Waals surface area contributed by atoms with E-state index in [1.807, 2.05) is 54.6 Å². The number of nitrogens with zero attached hydrogens (tertiary/aromatic N) is 1. The summed E-state index contributed by atoms with van der Waals surface area (Å²) in [6.45, 7) is 1.10. The SMILES string of the molecule is COc1ccccc1C(=O)Nc1ccc2c(c1)CN(C(=O)C#Cc1ccccc1)CC2. The monoisotopic (exact) mass is 410 g/mol. The molecule has 0 spiro atoms. The third kappa shape index (κ3) is 4.76. The Morgan fingerprint density at radius 3 is 2.55 bits per heavy atom. The summed E-state index contributed by atoms with van der Waals surface area (Å²) in [5.41, 5.74) is 4.15. The maximum atomic E-state index is 12.7. The maximum Gasteiger partial charge on any atom is 0.299 e. The highest BCUT2D eigenvalue weighted by atomic mass is 16.5. The predicted octanol–water partition coefficient (Wildman–Crippen LogP) is 3.88. The lowest BCUT2D eigenvalue weighted by molar-refractivity contribution is -0.125. The fourth-order valence-corrected chi connectivity index (χ4v) is 3.57. The number of amides is 2. The molecule has 1 aliphatic heterocycles. The van der Waals surface area contributed by atoms with E-state index in [1.54, 1.807) is 23.1 Å². The molecule has 0 aromatic heterocycles. The number of anilines is 1. The van der Waals surface area contributed by atoms with E-state index in [-0.39, 0.29) is 11.8 Å². The number of hydrogen-bond acceptors (Lipinski definition) is 3. The Kier molecular flexibility index (Phi) is 6.00. The van der Waals surface area contributed by atoms with Crippen molar-refractivity contribution in [3.8, 4) is 17.6 Å². The lowest BCUT2D eigenvalue weighted by Gasteiger charge is -2.27. The summed E-state index contributed by atoms with van der Waals surface area (Å²) >= 11 is 0. The summed E-state index contributed by atoms with van der Waals surface area (Å²) < 4.78 is 5.27. The highest BCUT2D eigenvalue weighted by Crippen LogP contribution is 2.24. The molecule has 0 unspecified atom stereocenters. The minimum atomic E-state index is -0.241. The van der Waals surface area contributed by atoms with Crippen molar-refractivity contribution in [3.05, 3.63) is 95.1 Å². The second-order valence-corrected chi connectivity index (χ2v) is 7.23. The molecule has 0 bridgehead atoms. The summed E-state index contributed by atoms with van der Waals surface area (Å²) in [5, 5.41) is 2.92. The first-order valence-corrected chi connectivity index (χ1v) is 10.1. The highest BCUT2D eigenvalue weighted by molar-refractivity contribution is 6.06. The average Bonchev–Trinajstić information content (AvgIpc) is 2.82. The third-order valence-electron chi connectivity index (χ3n) is 5.20. The summed E-state index contributed by atoms with van der Waals surface area (Å²) in [7, 11) is 1.54. The number of rotatable bonds is 3. The molecule has 0 aliphatic carbocycles. The molecule has 1 N–H and O–H groups in total. The Morgan fingerprint density at radius 2 is 1.74 bits per heavy atom. The summed E-state index contributed by atoms with van der Waals surface area (Å²) in [5.74, 6) is 5.74. The molecule has 5 heteroatoms. The van der Waals surface area contributed by atoms with Crippen LogP contribution in [0.25, 0.3) is 0 Å². The molecule has 0 atom stereocenters. The molecule has 0 fully saturated rings. The third-order valence-corrected chi connectivity index (χ3v) is 5.20. The van der Waals surface area contributed by atoms with Crippen LogP contribution in [-0.4, -0.2) is 30.4 Å². The number of nitrogens with one attached hydrogen (secondary N) is 1. The van der Waals surface area contributed by atoms with E-state index in [2.05, 4.69) is 17.2 Å². The minimum Gasteiger partial charge on any atom is -0.496 e. The standard InChI is InChI=1S/C26H22N2O3/c1-31-24-10-6-5-9-23(24)26(30)27-22-13-12-20-15-16-28(18-21(20)17-22)25(29)14-11-19-7-3-2-4-8-19/h2-10,12-13,17H,15-16,18H2,1H3,(H,27,30). The van der Waals surface area contributed by atoms with Crippen LogP contribution in [0.5, 0.6) is 5.75 Å². The number of ether oxygens (including phenoxy) is 1. The van der Waals surface area contributed by atoms with Gasteiger partial charge < -0.3 is 15.0 Å². The van der Waals surface area contributed by atoms with E-state index >= 15 is 0 Å². The van der Waals surface area contributed by atoms with E-state index in [9.17, 15) is 9.59 Å². The molecule has 154 valence electrons. The van der Waals surface area contributed by atoms with Crippen LogP contribution in [-0.2, 0) is 17.8 Å². The van der Waals surface area contributed by atoms with Gasteiger partial charge in [-0.3, -0.25) is 9.59 Å². The van der Waals surface area contributed by atoms with Gasteiger partial charge >= 0.3 is 0 Å². The number of methoxy groups -OCH3 is 1. The zero-order chi connectivity index (χ0) is 21.6. The molecule has 0 saturated heterocycles. The molecule has 0 saturated carbocycles. The van der Waals surface area contributed by atoms with Gasteiger partial charge in [0, 0.05) is 30.3 Å². The van der Waals surface area contributed by atoms with E-state index < -0.39 is 0 Å². The van der Waals surface area contributed by atoms with Gasteiger partial charge in [-0.2, -0.15) is 0 Å². The van der Waals surface area contributed by atoms with Gasteiger partial charge in [0.15, 0.2) is 0 Å². The van der Waals surface area contributed by atoms with Gasteiger partial charge in [-0.15, -0.1) is 0 Å². The quantitative estimate of drug-likeness (QED) is 0.667. The molecule has 3 aromatic rings. The molecule has 4 rings (SSSR count). The van der Waals surface area contributed by atoms with E-state index in [0.717, 1.165) is 17.5 Å². The van der Waals surface area contributed by atoms with Crippen molar-refractivity contribution in [2.45, 2.75) is 13.0 Å². The van der Waals surface area contributed by atoms with Crippen molar-refractivity contribution in [2.24, 2.45) is 0 Å². The topological polar surface area (TPSA) is 58.6 Å². The first-order valence-electron chi connectivity index (χ1n) is 10.1. The van der Waals surface area contributed by atoms with Gasteiger partial charge in [0.2, 0.25) is 0 Å². The smallest absolute Gasteiger partial charge is 0.299 e. The van der Waals surface area contributed by atoms with Crippen LogP contribution in [0, 0.1) is 11.8 Å². The fourth-order valence-electron chi connectivity index (χ4n) is 3.57. The van der Waals surface area contributed by atoms with Crippen LogP contribution in [0.3, 0.4) is 0 Å². The maximum absolute atomic E-state index is 12.7. The normalized spacial score (nSPS) is 12.2. The van der Waals surface area contributed by atoms with Crippen LogP contribution < -0.4 is 10.1 Å². The molecule has 3 aromatic carbocycles. The molecule has 31 heavy (non-hydrogen) atoms. The minimum absolute atomic E-state index is 0.196. The van der Waals surface area contributed by atoms with Crippen LogP contribution in [0.15, 0.2) is 72.8 Å². The number of benzene rings is 3. The van der Waals surface area contributed by atoms with Crippen LogP contribution in [0.1, 0.15) is 27.0 Å². The second-order valence-electron chi connectivity index (χ2n) is 7.23. The molecular formula is C26H22N2O3. The van der Waals surface area contributed by atoms with Crippen molar-refractivity contribution in [3.63, 3.8) is 0 Å². The zero-order valence-electron chi connectivity index (χ0n) is 17.2. The van der Waals surface area contributed by atoms with Crippen molar-refractivity contribution in [1.29, 1.82) is 0 Å². The van der Waals surface area contributed by atoms with Crippen molar-refractivity contribution < 1.29 is 14.3 Å². The Hall–Kier alpha value is -4.04. The largest absolute Gasteiger partial charge is 0.496 e. The van der Waals surface area contributed by atoms with Gasteiger partial charge in [-0.1, -0.05) is 42.3 Å². The Balaban J connectivity index is 1.47. The van der Waals surface area contributed by atoms with Gasteiger partial charge in [0.25, 0.3) is 11.8 Å². The molecule has 1 aliphatic rings. The van der Waals surface area contributed by atoms with Crippen molar-refractivity contribution in [1.82, 2.24) is 4.90 Å². The fraction of sp³-hybridized carbons (Fsp3) is 0.154. The Labute approximate surface area is 181 Å². The number of hydrogen-bond donors (Lipinski definition) is 1. The molecule has 0 radical (unpaired) electrons. The van der Waals surface area contributed by atoms with Crippen LogP contribution >= 0.6 is 0 Å². The van der Waals surface area contributed by atoms with Gasteiger partial charge in [0.05, 0.1) is 12.7 Å². The molecule has 1 heterocycles. The summed E-state index contributed by atoms with van der Waals surface area (Å²) in [4.78, 5) is 27.0. The zero-order valence-corrected chi connectivity index (χ0v) is 17.2. The molecular weight excluding hydrogens is 388 g/mol. The lowest BCUT2D eigenvalue weighted by atomic mass is 9.99. The van der Waals surface area contributed by atoms with E-state index in [0.29, 0.717) is 30.1 Å². The van der Waals surface area contributed by atoms with Gasteiger partial charge in [-0.05, 0) is 53.9 Å². The van der Waals surface area contributed by atoms with Crippen LogP contribution in [0.2, 0.25) is 0 Å². The first kappa shape index (κ1) is 20.2. The number of para-hydroxylation sites is 1. The highest BCUT2D eigenvalue weighted by Gasteiger charge is 2.20.